The molecule has 0 aromatic carbocycles. The van der Waals surface area contributed by atoms with Crippen molar-refractivity contribution in [2.75, 3.05) is 13.3 Å². The number of carbonyl (C=O) groups excluding carboxylic acids is 1. The molecule has 10 heavy (non-hydrogen) atoms. The molecule has 0 rings (SSSR count). The number of thioether (sulfide) groups is 1. The molecule has 0 aliphatic heterocycles. The summed E-state index contributed by atoms with van der Waals surface area (Å²) in [6, 6.07) is -0.139. The quantitative estimate of drug-likeness (QED) is 0.595. The van der Waals surface area contributed by atoms with E-state index in [1.54, 1.807) is 18.8 Å². The second-order valence-corrected chi connectivity index (χ2v) is 3.85. The maximum atomic E-state index is 10.8. The van der Waals surface area contributed by atoms with Crippen LogP contribution in [0.25, 0.3) is 0 Å². The molecule has 0 aromatic heterocycles. The molecule has 3 nitrogen and oxygen atoms in total. The number of nitrogens with one attached hydrogen (secondary N) is 2. The van der Waals surface area contributed by atoms with Crippen LogP contribution >= 0.6 is 11.8 Å². The van der Waals surface area contributed by atoms with Gasteiger partial charge in [0.05, 0.1) is 4.87 Å². The molecule has 0 spiro atoms. The fourth-order valence-electron chi connectivity index (χ4n) is 0.387. The lowest BCUT2D eigenvalue weighted by Gasteiger charge is -2.22. The van der Waals surface area contributed by atoms with E-state index in [0.717, 1.165) is 0 Å². The van der Waals surface area contributed by atoms with Gasteiger partial charge in [0.25, 0.3) is 0 Å². The van der Waals surface area contributed by atoms with Gasteiger partial charge in [-0.05, 0) is 20.1 Å². The minimum absolute atomic E-state index is 0.139. The van der Waals surface area contributed by atoms with Gasteiger partial charge in [-0.15, -0.1) is 11.8 Å². The highest BCUT2D eigenvalue weighted by Gasteiger charge is 2.16. The topological polar surface area (TPSA) is 41.1 Å². The van der Waals surface area contributed by atoms with E-state index in [1.165, 1.54) is 0 Å². The Morgan fingerprint density at radius 2 is 2.00 bits per heavy atom. The molecule has 60 valence electrons. The Labute approximate surface area is 65.9 Å². The molecule has 0 fully saturated rings. The van der Waals surface area contributed by atoms with Gasteiger partial charge in [-0.25, -0.2) is 4.79 Å². The van der Waals surface area contributed by atoms with E-state index in [4.69, 9.17) is 0 Å². The standard InChI is InChI=1S/C6H14N2OS/c1-6(2,10-4)8-5(9)7-3/h1-4H3,(H2,7,8,9). The summed E-state index contributed by atoms with van der Waals surface area (Å²) in [7, 11) is 1.60. The average molecular weight is 162 g/mol. The van der Waals surface area contributed by atoms with Crippen LogP contribution in [-0.2, 0) is 0 Å². The first-order valence-corrected chi connectivity index (χ1v) is 4.29. The van der Waals surface area contributed by atoms with Gasteiger partial charge in [-0.3, -0.25) is 0 Å². The third-order valence-corrected chi connectivity index (χ3v) is 2.27. The lowest BCUT2D eigenvalue weighted by Crippen LogP contribution is -2.44. The second kappa shape index (κ2) is 3.71. The molecule has 0 aromatic rings. The van der Waals surface area contributed by atoms with Gasteiger partial charge in [-0.1, -0.05) is 0 Å². The van der Waals surface area contributed by atoms with Gasteiger partial charge in [0.2, 0.25) is 0 Å². The van der Waals surface area contributed by atoms with Gasteiger partial charge in [0, 0.05) is 7.05 Å². The maximum absolute atomic E-state index is 10.8. The van der Waals surface area contributed by atoms with Crippen molar-refractivity contribution in [2.45, 2.75) is 18.7 Å². The van der Waals surface area contributed by atoms with Crippen LogP contribution in [0, 0.1) is 0 Å². The number of hydrogen-bond donors (Lipinski definition) is 2. The van der Waals surface area contributed by atoms with E-state index in [2.05, 4.69) is 10.6 Å². The minimum Gasteiger partial charge on any atom is -0.341 e. The van der Waals surface area contributed by atoms with Crippen molar-refractivity contribution in [3.05, 3.63) is 0 Å². The Morgan fingerprint density at radius 3 is 2.30 bits per heavy atom. The van der Waals surface area contributed by atoms with Crippen molar-refractivity contribution in [1.82, 2.24) is 10.6 Å². The predicted molar refractivity (Wildman–Crippen MR) is 45.2 cm³/mol. The third kappa shape index (κ3) is 3.61. The van der Waals surface area contributed by atoms with Gasteiger partial charge >= 0.3 is 6.03 Å². The SMILES string of the molecule is CNC(=O)NC(C)(C)SC. The summed E-state index contributed by atoms with van der Waals surface area (Å²) >= 11 is 1.60. The molecule has 2 N–H and O–H groups in total. The van der Waals surface area contributed by atoms with Gasteiger partial charge in [-0.2, -0.15) is 0 Å². The average Bonchev–Trinajstić information content (AvgIpc) is 1.87. The third-order valence-electron chi connectivity index (χ3n) is 1.15. The van der Waals surface area contributed by atoms with E-state index < -0.39 is 0 Å². The predicted octanol–water partition coefficient (Wildman–Crippen LogP) is 1.01. The number of hydrogen-bond acceptors (Lipinski definition) is 2. The van der Waals surface area contributed by atoms with Crippen molar-refractivity contribution in [1.29, 1.82) is 0 Å². The van der Waals surface area contributed by atoms with Crippen LogP contribution in [0.15, 0.2) is 0 Å². The molecule has 4 heteroatoms. The Balaban J connectivity index is 3.76. The van der Waals surface area contributed by atoms with E-state index in [9.17, 15) is 4.79 Å². The van der Waals surface area contributed by atoms with Crippen LogP contribution in [-0.4, -0.2) is 24.2 Å². The number of amides is 2. The van der Waals surface area contributed by atoms with Crippen LogP contribution in [0.5, 0.6) is 0 Å². The van der Waals surface area contributed by atoms with E-state index >= 15 is 0 Å². The van der Waals surface area contributed by atoms with Gasteiger partial charge in [0.1, 0.15) is 0 Å². The first-order valence-electron chi connectivity index (χ1n) is 3.07. The summed E-state index contributed by atoms with van der Waals surface area (Å²) in [6.45, 7) is 3.90. The molecule has 0 saturated heterocycles. The van der Waals surface area contributed by atoms with Crippen molar-refractivity contribution in [3.63, 3.8) is 0 Å². The Morgan fingerprint density at radius 1 is 1.50 bits per heavy atom. The zero-order valence-electron chi connectivity index (χ0n) is 6.82. The van der Waals surface area contributed by atoms with Gasteiger partial charge in [0.15, 0.2) is 0 Å². The molecule has 0 heterocycles. The summed E-state index contributed by atoms with van der Waals surface area (Å²) in [4.78, 5) is 10.6. The number of urea groups is 1. The molecular formula is C6H14N2OS. The Hall–Kier alpha value is -0.380. The molecule has 0 aliphatic rings. The lowest BCUT2D eigenvalue weighted by molar-refractivity contribution is 0.239. The molecule has 0 atom stereocenters. The highest BCUT2D eigenvalue weighted by atomic mass is 32.2. The largest absolute Gasteiger partial charge is 0.341 e. The molecule has 2 amide bonds. The van der Waals surface area contributed by atoms with Crippen LogP contribution in [0.4, 0.5) is 4.79 Å². The molecule has 0 unspecified atom stereocenters. The minimum atomic E-state index is -0.180. The van der Waals surface area contributed by atoms with Crippen molar-refractivity contribution in [3.8, 4) is 0 Å². The highest BCUT2D eigenvalue weighted by molar-refractivity contribution is 7.99. The smallest absolute Gasteiger partial charge is 0.315 e. The second-order valence-electron chi connectivity index (χ2n) is 2.42. The van der Waals surface area contributed by atoms with Gasteiger partial charge < -0.3 is 10.6 Å². The molecular weight excluding hydrogens is 148 g/mol. The van der Waals surface area contributed by atoms with E-state index in [0.29, 0.717) is 0 Å². The monoisotopic (exact) mass is 162 g/mol. The summed E-state index contributed by atoms with van der Waals surface area (Å²) in [6.07, 6.45) is 1.95. The zero-order chi connectivity index (χ0) is 8.20. The van der Waals surface area contributed by atoms with Crippen LogP contribution in [0.3, 0.4) is 0 Å². The maximum Gasteiger partial charge on any atom is 0.315 e. The fraction of sp³-hybridized carbons (Fsp3) is 0.833. The first-order chi connectivity index (χ1) is 4.52. The highest BCUT2D eigenvalue weighted by Crippen LogP contribution is 2.16. The van der Waals surface area contributed by atoms with Crippen molar-refractivity contribution >= 4 is 17.8 Å². The van der Waals surface area contributed by atoms with Crippen LogP contribution in [0.2, 0.25) is 0 Å². The Kier molecular flexibility index (Phi) is 3.57. The summed E-state index contributed by atoms with van der Waals surface area (Å²) in [5, 5.41) is 5.26. The fourth-order valence-corrected chi connectivity index (χ4v) is 0.582. The van der Waals surface area contributed by atoms with Crippen molar-refractivity contribution < 1.29 is 4.79 Å². The van der Waals surface area contributed by atoms with Crippen LogP contribution < -0.4 is 10.6 Å². The summed E-state index contributed by atoms with van der Waals surface area (Å²) < 4.78 is 0. The lowest BCUT2D eigenvalue weighted by atomic mass is 10.4. The molecule has 0 saturated carbocycles. The summed E-state index contributed by atoms with van der Waals surface area (Å²) in [5.74, 6) is 0. The zero-order valence-corrected chi connectivity index (χ0v) is 7.63. The van der Waals surface area contributed by atoms with Crippen LogP contribution in [0.1, 0.15) is 13.8 Å². The summed E-state index contributed by atoms with van der Waals surface area (Å²) in [5.41, 5.74) is 0. The van der Waals surface area contributed by atoms with Crippen molar-refractivity contribution in [2.24, 2.45) is 0 Å². The first kappa shape index (κ1) is 9.62. The Bertz CT molecular complexity index is 125. The van der Waals surface area contributed by atoms with E-state index in [1.807, 2.05) is 20.1 Å². The normalized spacial score (nSPS) is 10.8. The number of rotatable bonds is 2. The number of carbonyl (C=O) groups is 1. The molecule has 0 aliphatic carbocycles. The van der Waals surface area contributed by atoms with E-state index in [-0.39, 0.29) is 10.9 Å². The molecule has 0 radical (unpaired) electrons. The molecule has 0 bridgehead atoms.